The molecule has 0 bridgehead atoms. The molecule has 2 aliphatic rings. The van der Waals surface area contributed by atoms with E-state index in [0.717, 1.165) is 5.56 Å². The minimum atomic E-state index is -0.609. The monoisotopic (exact) mass is 473 g/mol. The lowest BCUT2D eigenvalue weighted by Crippen LogP contribution is -2.36. The van der Waals surface area contributed by atoms with Gasteiger partial charge in [0.1, 0.15) is 5.82 Å². The maximum absolute atomic E-state index is 14.6. The minimum absolute atomic E-state index is 0.0329. The largest absolute Gasteiger partial charge is 0.332 e. The van der Waals surface area contributed by atoms with Gasteiger partial charge in [-0.05, 0) is 35.7 Å². The molecule has 1 aliphatic carbocycles. The molecule has 0 spiro atoms. The molecule has 4 aromatic rings. The summed E-state index contributed by atoms with van der Waals surface area (Å²) >= 11 is 0. The highest BCUT2D eigenvalue weighted by Gasteiger charge is 2.26. The molecular formula is C26H24FN5O3. The van der Waals surface area contributed by atoms with Gasteiger partial charge in [-0.2, -0.15) is 10.2 Å². The zero-order chi connectivity index (χ0) is 24.4. The Morgan fingerprint density at radius 3 is 2.63 bits per heavy atom. The molecule has 1 saturated carbocycles. The van der Waals surface area contributed by atoms with E-state index in [2.05, 4.69) is 15.3 Å². The molecule has 1 fully saturated rings. The second-order valence-corrected chi connectivity index (χ2v) is 8.76. The summed E-state index contributed by atoms with van der Waals surface area (Å²) < 4.78 is 15.8. The Labute approximate surface area is 200 Å². The highest BCUT2D eigenvalue weighted by Crippen LogP contribution is 2.23. The molecule has 0 saturated heterocycles. The number of nitrogens with zero attached hydrogens (tertiary/aromatic N) is 4. The molecular weight excluding hydrogens is 449 g/mol. The van der Waals surface area contributed by atoms with E-state index in [1.807, 2.05) is 12.1 Å². The second-order valence-electron chi connectivity index (χ2n) is 8.76. The quantitative estimate of drug-likeness (QED) is 0.459. The van der Waals surface area contributed by atoms with Crippen molar-refractivity contribution >= 4 is 23.1 Å². The molecule has 0 atom stereocenters. The fourth-order valence-electron chi connectivity index (χ4n) is 4.07. The molecule has 35 heavy (non-hydrogen) atoms. The van der Waals surface area contributed by atoms with Gasteiger partial charge in [-0.25, -0.2) is 14.2 Å². The normalized spacial score (nSPS) is 14.1. The summed E-state index contributed by atoms with van der Waals surface area (Å²) in [5.74, 6) is -1.04. The molecule has 2 aromatic carbocycles. The smallest absolute Gasteiger partial charge is 0.272 e. The summed E-state index contributed by atoms with van der Waals surface area (Å²) in [6.07, 6.45) is 7.62. The summed E-state index contributed by atoms with van der Waals surface area (Å²) in [6, 6.07) is 11.5. The topological polar surface area (TPSA) is 101 Å². The standard InChI is InChI=1S/C23H18FN5O3.C3H6/c24-19-6-5-14(10-20-16-3-1-2-4-17(16)22(31)26-25-20)9-18(19)23(32)28-8-7-15-11-29(13-30)27-21(15)12-28;1-2-3-1/h1-6,9,11,13H,7-8,10,12H2,(H,26,31);1-3H2. The summed E-state index contributed by atoms with van der Waals surface area (Å²) in [7, 11) is 0. The Morgan fingerprint density at radius 1 is 1.11 bits per heavy atom. The number of rotatable bonds is 4. The van der Waals surface area contributed by atoms with Crippen molar-refractivity contribution in [1.82, 2.24) is 24.9 Å². The van der Waals surface area contributed by atoms with Gasteiger partial charge in [0.15, 0.2) is 0 Å². The van der Waals surface area contributed by atoms with E-state index in [1.54, 1.807) is 24.4 Å². The zero-order valence-corrected chi connectivity index (χ0v) is 19.0. The molecule has 3 heterocycles. The van der Waals surface area contributed by atoms with Crippen molar-refractivity contribution in [3.05, 3.63) is 92.9 Å². The van der Waals surface area contributed by atoms with Crippen LogP contribution < -0.4 is 5.56 Å². The predicted molar refractivity (Wildman–Crippen MR) is 128 cm³/mol. The van der Waals surface area contributed by atoms with Gasteiger partial charge in [-0.1, -0.05) is 43.5 Å². The first-order valence-electron chi connectivity index (χ1n) is 11.6. The fourth-order valence-corrected chi connectivity index (χ4v) is 4.07. The second kappa shape index (κ2) is 9.61. The SMILES string of the molecule is C1CC1.O=Cn1cc2c(n1)CN(C(=O)c1cc(Cc3n[nH]c(=O)c4ccccc34)ccc1F)CC2. The lowest BCUT2D eigenvalue weighted by Gasteiger charge is -2.26. The average molecular weight is 474 g/mol. The van der Waals surface area contributed by atoms with Crippen LogP contribution in [0.5, 0.6) is 0 Å². The van der Waals surface area contributed by atoms with Gasteiger partial charge in [-0.3, -0.25) is 14.4 Å². The maximum Gasteiger partial charge on any atom is 0.272 e. The average Bonchev–Trinajstić information content (AvgIpc) is 3.71. The van der Waals surface area contributed by atoms with Gasteiger partial charge in [0.05, 0.1) is 28.9 Å². The molecule has 1 aliphatic heterocycles. The molecule has 0 unspecified atom stereocenters. The van der Waals surface area contributed by atoms with E-state index >= 15 is 0 Å². The van der Waals surface area contributed by atoms with Crippen molar-refractivity contribution < 1.29 is 14.0 Å². The van der Waals surface area contributed by atoms with Crippen LogP contribution in [0.25, 0.3) is 10.8 Å². The third-order valence-electron chi connectivity index (χ3n) is 6.04. The summed E-state index contributed by atoms with van der Waals surface area (Å²) in [6.45, 7) is 0.622. The third-order valence-corrected chi connectivity index (χ3v) is 6.04. The summed E-state index contributed by atoms with van der Waals surface area (Å²) in [5, 5.41) is 12.0. The van der Waals surface area contributed by atoms with E-state index in [9.17, 15) is 18.8 Å². The van der Waals surface area contributed by atoms with Crippen molar-refractivity contribution in [1.29, 1.82) is 0 Å². The van der Waals surface area contributed by atoms with Crippen LogP contribution in [0.15, 0.2) is 53.5 Å². The number of aromatic amines is 1. The number of H-pyrrole nitrogens is 1. The Hall–Kier alpha value is -4.14. The van der Waals surface area contributed by atoms with E-state index in [4.69, 9.17) is 0 Å². The minimum Gasteiger partial charge on any atom is -0.332 e. The molecule has 178 valence electrons. The molecule has 6 rings (SSSR count). The molecule has 1 N–H and O–H groups in total. The Bertz CT molecular complexity index is 1470. The number of fused-ring (bicyclic) bond motifs is 2. The van der Waals surface area contributed by atoms with Crippen LogP contribution in [-0.2, 0) is 24.2 Å². The van der Waals surface area contributed by atoms with Crippen LogP contribution >= 0.6 is 0 Å². The van der Waals surface area contributed by atoms with Crippen LogP contribution in [0.4, 0.5) is 4.39 Å². The number of nitrogens with one attached hydrogen (secondary N) is 1. The number of amides is 1. The van der Waals surface area contributed by atoms with Crippen molar-refractivity contribution in [3.8, 4) is 0 Å². The van der Waals surface area contributed by atoms with Crippen LogP contribution in [-0.4, -0.2) is 43.7 Å². The van der Waals surface area contributed by atoms with Crippen molar-refractivity contribution in [2.45, 2.75) is 38.6 Å². The number of carbonyl (C=O) groups is 2. The number of carbonyl (C=O) groups excluding carboxylic acids is 2. The van der Waals surface area contributed by atoms with Gasteiger partial charge in [0.25, 0.3) is 11.5 Å². The van der Waals surface area contributed by atoms with Gasteiger partial charge < -0.3 is 4.90 Å². The van der Waals surface area contributed by atoms with Gasteiger partial charge >= 0.3 is 0 Å². The van der Waals surface area contributed by atoms with Crippen molar-refractivity contribution in [2.75, 3.05) is 6.54 Å². The number of benzene rings is 2. The van der Waals surface area contributed by atoms with Crippen LogP contribution in [0.3, 0.4) is 0 Å². The molecule has 8 nitrogen and oxygen atoms in total. The molecule has 9 heteroatoms. The van der Waals surface area contributed by atoms with E-state index in [0.29, 0.717) is 53.5 Å². The third kappa shape index (κ3) is 4.89. The summed E-state index contributed by atoms with van der Waals surface area (Å²) in [5.41, 5.74) is 2.56. The highest BCUT2D eigenvalue weighted by molar-refractivity contribution is 5.95. The van der Waals surface area contributed by atoms with Gasteiger partial charge in [0.2, 0.25) is 6.41 Å². The van der Waals surface area contributed by atoms with E-state index < -0.39 is 11.7 Å². The fraction of sp³-hybridized carbons (Fsp3) is 0.269. The van der Waals surface area contributed by atoms with Gasteiger partial charge in [-0.15, -0.1) is 0 Å². The van der Waals surface area contributed by atoms with E-state index in [-0.39, 0.29) is 17.7 Å². The van der Waals surface area contributed by atoms with Crippen LogP contribution in [0.1, 0.15) is 52.1 Å². The maximum atomic E-state index is 14.6. The Morgan fingerprint density at radius 2 is 1.89 bits per heavy atom. The number of halogens is 1. The molecule has 0 radical (unpaired) electrons. The Balaban J connectivity index is 0.000000786. The lowest BCUT2D eigenvalue weighted by molar-refractivity contribution is 0.0727. The first-order valence-corrected chi connectivity index (χ1v) is 11.6. The van der Waals surface area contributed by atoms with Crippen molar-refractivity contribution in [2.24, 2.45) is 0 Å². The zero-order valence-electron chi connectivity index (χ0n) is 19.0. The highest BCUT2D eigenvalue weighted by atomic mass is 19.1. The van der Waals surface area contributed by atoms with Crippen molar-refractivity contribution in [3.63, 3.8) is 0 Å². The number of hydrogen-bond donors (Lipinski definition) is 1. The number of aromatic nitrogens is 4. The molecule has 1 amide bonds. The van der Waals surface area contributed by atoms with E-state index in [1.165, 1.54) is 41.0 Å². The first-order chi connectivity index (χ1) is 17.0. The molecule has 2 aromatic heterocycles. The predicted octanol–water partition coefficient (Wildman–Crippen LogP) is 3.26. The van der Waals surface area contributed by atoms with Crippen LogP contribution in [0.2, 0.25) is 0 Å². The summed E-state index contributed by atoms with van der Waals surface area (Å²) in [4.78, 5) is 37.6. The van der Waals surface area contributed by atoms with Crippen LogP contribution in [0, 0.1) is 5.82 Å². The lowest BCUT2D eigenvalue weighted by atomic mass is 10.0. The Kier molecular flexibility index (Phi) is 6.22. The van der Waals surface area contributed by atoms with Gasteiger partial charge in [0, 0.05) is 24.5 Å². The number of hydrogen-bond acceptors (Lipinski definition) is 5. The first kappa shape index (κ1) is 22.6.